The number of carbonyl (C=O) groups excluding carboxylic acids is 2. The molecule has 2 aromatic heterocycles. The molecule has 4 heterocycles. The molecule has 0 aliphatic carbocycles. The summed E-state index contributed by atoms with van der Waals surface area (Å²) in [6, 6.07) is 23.4. The molecular formula is C34H32N4O5. The second-order valence-electron chi connectivity index (χ2n) is 11.0. The minimum Gasteiger partial charge on any atom is -0.489 e. The number of imide groups is 1. The number of hydrogen-bond acceptors (Lipinski definition) is 6. The van der Waals surface area contributed by atoms with Crippen molar-refractivity contribution < 1.29 is 24.2 Å². The van der Waals surface area contributed by atoms with Crippen molar-refractivity contribution in [1.29, 1.82) is 0 Å². The van der Waals surface area contributed by atoms with Gasteiger partial charge in [0.2, 0.25) is 0 Å². The van der Waals surface area contributed by atoms with Crippen LogP contribution in [0.5, 0.6) is 5.75 Å². The van der Waals surface area contributed by atoms with Gasteiger partial charge in [0, 0.05) is 72.1 Å². The third kappa shape index (κ3) is 5.34. The zero-order valence-corrected chi connectivity index (χ0v) is 23.6. The number of aliphatic hydroxyl groups is 1. The van der Waals surface area contributed by atoms with Gasteiger partial charge in [0.15, 0.2) is 0 Å². The van der Waals surface area contributed by atoms with Crippen molar-refractivity contribution in [3.05, 3.63) is 102 Å². The highest BCUT2D eigenvalue weighted by atomic mass is 16.5. The Morgan fingerprint density at radius 1 is 0.860 bits per heavy atom. The van der Waals surface area contributed by atoms with Crippen molar-refractivity contribution in [2.75, 3.05) is 32.8 Å². The maximum absolute atomic E-state index is 13.4. The Balaban J connectivity index is 1.31. The summed E-state index contributed by atoms with van der Waals surface area (Å²) in [7, 11) is 0. The van der Waals surface area contributed by atoms with Crippen LogP contribution in [0.2, 0.25) is 0 Å². The second-order valence-corrected chi connectivity index (χ2v) is 11.0. The molecule has 2 aliphatic heterocycles. The Hall–Kier alpha value is -4.70. The van der Waals surface area contributed by atoms with Gasteiger partial charge in [0.25, 0.3) is 11.8 Å². The number of amides is 2. The van der Waals surface area contributed by atoms with Crippen molar-refractivity contribution >= 4 is 44.8 Å². The maximum atomic E-state index is 13.4. The van der Waals surface area contributed by atoms with Gasteiger partial charge < -0.3 is 24.1 Å². The standard InChI is InChI=1S/C34H32N4O5/c39-23(18-37-12-14-42-15-13-37)19-38-20-28(26-11-10-24(16-30(26)38)43-21-22-6-2-1-3-7-22)32-31(33(40)36-34(32)41)27-17-35-29-9-5-4-8-25(27)29/h1-11,16-17,20,23,35,39H,12-15,18-19,21H2,(H,36,40,41). The Labute approximate surface area is 248 Å². The maximum Gasteiger partial charge on any atom is 0.259 e. The zero-order valence-electron chi connectivity index (χ0n) is 23.6. The molecule has 0 spiro atoms. The number of carbonyl (C=O) groups is 2. The molecule has 1 atom stereocenters. The van der Waals surface area contributed by atoms with E-state index in [2.05, 4.69) is 15.2 Å². The number of para-hydroxylation sites is 1. The van der Waals surface area contributed by atoms with Crippen molar-refractivity contribution in [2.24, 2.45) is 0 Å². The van der Waals surface area contributed by atoms with E-state index in [-0.39, 0.29) is 0 Å². The Morgan fingerprint density at radius 2 is 1.60 bits per heavy atom. The molecule has 2 amide bonds. The number of hydrogen-bond donors (Lipinski definition) is 3. The molecule has 1 saturated heterocycles. The highest BCUT2D eigenvalue weighted by molar-refractivity contribution is 6.50. The fourth-order valence-electron chi connectivity index (χ4n) is 6.07. The van der Waals surface area contributed by atoms with Crippen LogP contribution >= 0.6 is 0 Å². The van der Waals surface area contributed by atoms with E-state index in [4.69, 9.17) is 9.47 Å². The summed E-state index contributed by atoms with van der Waals surface area (Å²) < 4.78 is 13.6. The first kappa shape index (κ1) is 27.2. The zero-order chi connectivity index (χ0) is 29.3. The number of nitrogens with zero attached hydrogens (tertiary/aromatic N) is 2. The van der Waals surface area contributed by atoms with Gasteiger partial charge in [-0.25, -0.2) is 0 Å². The number of morpholine rings is 1. The third-order valence-electron chi connectivity index (χ3n) is 8.14. The van der Waals surface area contributed by atoms with Gasteiger partial charge in [-0.05, 0) is 23.8 Å². The van der Waals surface area contributed by atoms with Gasteiger partial charge in [-0.15, -0.1) is 0 Å². The fourth-order valence-corrected chi connectivity index (χ4v) is 6.07. The molecule has 5 aromatic rings. The first-order valence-electron chi connectivity index (χ1n) is 14.5. The molecule has 43 heavy (non-hydrogen) atoms. The highest BCUT2D eigenvalue weighted by Crippen LogP contribution is 2.39. The molecule has 1 fully saturated rings. The first-order chi connectivity index (χ1) is 21.0. The Morgan fingerprint density at radius 3 is 2.42 bits per heavy atom. The van der Waals surface area contributed by atoms with Crippen molar-refractivity contribution in [2.45, 2.75) is 19.3 Å². The molecule has 7 rings (SSSR count). The molecule has 3 N–H and O–H groups in total. The lowest BCUT2D eigenvalue weighted by Crippen LogP contribution is -2.41. The van der Waals surface area contributed by atoms with Gasteiger partial charge in [-0.2, -0.15) is 0 Å². The third-order valence-corrected chi connectivity index (χ3v) is 8.14. The molecular weight excluding hydrogens is 544 g/mol. The molecule has 0 bridgehead atoms. The van der Waals surface area contributed by atoms with Gasteiger partial charge in [-0.1, -0.05) is 48.5 Å². The van der Waals surface area contributed by atoms with Crippen molar-refractivity contribution in [3.63, 3.8) is 0 Å². The summed E-state index contributed by atoms with van der Waals surface area (Å²) in [6.07, 6.45) is 2.99. The molecule has 0 saturated carbocycles. The number of aromatic nitrogens is 2. The van der Waals surface area contributed by atoms with Gasteiger partial charge in [-0.3, -0.25) is 19.8 Å². The average molecular weight is 577 g/mol. The quantitative estimate of drug-likeness (QED) is 0.229. The van der Waals surface area contributed by atoms with E-state index in [0.29, 0.717) is 60.9 Å². The predicted molar refractivity (Wildman–Crippen MR) is 164 cm³/mol. The van der Waals surface area contributed by atoms with Crippen LogP contribution in [0.25, 0.3) is 33.0 Å². The molecule has 9 nitrogen and oxygen atoms in total. The molecule has 1 unspecified atom stereocenters. The average Bonchev–Trinajstić information content (AvgIpc) is 3.69. The van der Waals surface area contributed by atoms with Crippen LogP contribution in [0.3, 0.4) is 0 Å². The normalized spacial score (nSPS) is 16.8. The van der Waals surface area contributed by atoms with Crippen molar-refractivity contribution in [1.82, 2.24) is 19.8 Å². The topological polar surface area (TPSA) is 109 Å². The molecule has 0 radical (unpaired) electrons. The van der Waals surface area contributed by atoms with E-state index >= 15 is 0 Å². The summed E-state index contributed by atoms with van der Waals surface area (Å²) in [5.41, 5.74) is 4.69. The van der Waals surface area contributed by atoms with Crippen molar-refractivity contribution in [3.8, 4) is 5.75 Å². The number of rotatable bonds is 9. The Kier molecular flexibility index (Phi) is 7.28. The predicted octanol–water partition coefficient (Wildman–Crippen LogP) is 3.96. The monoisotopic (exact) mass is 576 g/mol. The molecule has 2 aliphatic rings. The highest BCUT2D eigenvalue weighted by Gasteiger charge is 2.35. The smallest absolute Gasteiger partial charge is 0.259 e. The summed E-state index contributed by atoms with van der Waals surface area (Å²) >= 11 is 0. The van der Waals surface area contributed by atoms with Crippen LogP contribution in [0, 0.1) is 0 Å². The number of H-pyrrole nitrogens is 1. The Bertz CT molecular complexity index is 1850. The second kappa shape index (κ2) is 11.5. The molecule has 218 valence electrons. The molecule has 3 aromatic carbocycles. The number of nitrogens with one attached hydrogen (secondary N) is 2. The lowest BCUT2D eigenvalue weighted by molar-refractivity contribution is -0.122. The van der Waals surface area contributed by atoms with E-state index in [0.717, 1.165) is 40.5 Å². The van der Waals surface area contributed by atoms with Crippen LogP contribution < -0.4 is 10.1 Å². The number of aromatic amines is 1. The lowest BCUT2D eigenvalue weighted by Gasteiger charge is -2.28. The van der Waals surface area contributed by atoms with Crippen LogP contribution in [-0.2, 0) is 27.5 Å². The van der Waals surface area contributed by atoms with Gasteiger partial charge >= 0.3 is 0 Å². The van der Waals surface area contributed by atoms with Crippen LogP contribution in [0.4, 0.5) is 0 Å². The number of benzene rings is 3. The lowest BCUT2D eigenvalue weighted by atomic mass is 9.95. The number of fused-ring (bicyclic) bond motifs is 2. The van der Waals surface area contributed by atoms with Crippen LogP contribution in [-0.4, -0.2) is 70.3 Å². The van der Waals surface area contributed by atoms with Gasteiger partial charge in [0.1, 0.15) is 12.4 Å². The minimum absolute atomic E-state index is 0.307. The summed E-state index contributed by atoms with van der Waals surface area (Å²) in [5, 5.41) is 15.3. The number of β-amino-alcohol motifs (C(OH)–C–C–N with tert-alkyl or cyclic N) is 1. The first-order valence-corrected chi connectivity index (χ1v) is 14.5. The number of ether oxygens (including phenoxy) is 2. The number of aliphatic hydroxyl groups excluding tert-OH is 1. The van der Waals surface area contributed by atoms with Gasteiger partial charge in [0.05, 0.1) is 36.0 Å². The van der Waals surface area contributed by atoms with E-state index in [9.17, 15) is 14.7 Å². The fraction of sp³-hybridized carbons (Fsp3) is 0.235. The van der Waals surface area contributed by atoms with E-state index < -0.39 is 17.9 Å². The van der Waals surface area contributed by atoms with E-state index in [1.165, 1.54) is 0 Å². The summed E-state index contributed by atoms with van der Waals surface area (Å²) in [4.78, 5) is 32.0. The van der Waals surface area contributed by atoms with E-state index in [1.54, 1.807) is 6.20 Å². The summed E-state index contributed by atoms with van der Waals surface area (Å²) in [5.74, 6) is -0.203. The SMILES string of the molecule is O=C1NC(=O)C(c2cn(CC(O)CN3CCOCC3)c3cc(OCc4ccccc4)ccc23)=C1c1c[nH]c2ccccc12. The largest absolute Gasteiger partial charge is 0.489 e. The van der Waals surface area contributed by atoms with Crippen LogP contribution in [0.1, 0.15) is 16.7 Å². The molecule has 9 heteroatoms. The minimum atomic E-state index is -0.656. The summed E-state index contributed by atoms with van der Waals surface area (Å²) in [6.45, 7) is 4.07. The van der Waals surface area contributed by atoms with Crippen LogP contribution in [0.15, 0.2) is 85.2 Å². The van der Waals surface area contributed by atoms with E-state index in [1.807, 2.05) is 83.6 Å².